The molecule has 9 heteroatoms. The molecular weight excluding hydrogens is 588 g/mol. The highest BCUT2D eigenvalue weighted by molar-refractivity contribution is 9.10. The van der Waals surface area contributed by atoms with Crippen LogP contribution in [0.1, 0.15) is 20.7 Å². The maximum atomic E-state index is 14.1. The predicted octanol–water partition coefficient (Wildman–Crippen LogP) is 4.60. The number of halogens is 1. The third-order valence-corrected chi connectivity index (χ3v) is 8.56. The molecule has 4 heterocycles. The van der Waals surface area contributed by atoms with Gasteiger partial charge in [0.25, 0.3) is 0 Å². The molecular formula is C32H23BrN2O6. The van der Waals surface area contributed by atoms with Gasteiger partial charge in [-0.05, 0) is 30.3 Å². The highest BCUT2D eigenvalue weighted by Crippen LogP contribution is 2.48. The van der Waals surface area contributed by atoms with Gasteiger partial charge in [0.05, 0.1) is 23.6 Å². The molecule has 4 aliphatic rings. The van der Waals surface area contributed by atoms with Crippen LogP contribution >= 0.6 is 15.9 Å². The third-order valence-electron chi connectivity index (χ3n) is 8.03. The first-order chi connectivity index (χ1) is 19.9. The molecule has 0 N–H and O–H groups in total. The molecule has 3 aromatic carbocycles. The summed E-state index contributed by atoms with van der Waals surface area (Å²) in [6.07, 6.45) is 5.05. The SMILES string of the molecule is O=C(C1=CC2C3C(=O)N(c4ccc5c(c4)OCCO5)C(=O)C3C(C(=O)c3ccc(Br)cc3)N2C=C1)c1ccccc1. The number of amides is 2. The average Bonchev–Trinajstić information content (AvgIpc) is 3.48. The van der Waals surface area contributed by atoms with Crippen LogP contribution in [0, 0.1) is 11.8 Å². The van der Waals surface area contributed by atoms with E-state index in [9.17, 15) is 19.2 Å². The van der Waals surface area contributed by atoms with Crippen molar-refractivity contribution >= 4 is 45.0 Å². The average molecular weight is 611 g/mol. The zero-order chi connectivity index (χ0) is 28.2. The highest BCUT2D eigenvalue weighted by atomic mass is 79.9. The number of allylic oxidation sites excluding steroid dienone is 2. The number of ether oxygens (including phenoxy) is 2. The van der Waals surface area contributed by atoms with Gasteiger partial charge in [-0.15, -0.1) is 0 Å². The number of rotatable bonds is 5. The summed E-state index contributed by atoms with van der Waals surface area (Å²) in [6, 6.07) is 19.2. The van der Waals surface area contributed by atoms with E-state index in [2.05, 4.69) is 15.9 Å². The maximum absolute atomic E-state index is 14.1. The number of Topliss-reactive ketones (excluding diaryl/α,β-unsaturated/α-hetero) is 2. The molecule has 2 fully saturated rings. The summed E-state index contributed by atoms with van der Waals surface area (Å²) in [5.41, 5.74) is 1.71. The van der Waals surface area contributed by atoms with E-state index < -0.39 is 35.7 Å². The number of hydrogen-bond acceptors (Lipinski definition) is 7. The van der Waals surface area contributed by atoms with Gasteiger partial charge in [-0.2, -0.15) is 0 Å². The van der Waals surface area contributed by atoms with Crippen LogP contribution in [0.25, 0.3) is 0 Å². The normalized spacial score (nSPS) is 24.2. The first kappa shape index (κ1) is 25.5. The molecule has 0 spiro atoms. The molecule has 2 amide bonds. The van der Waals surface area contributed by atoms with E-state index in [1.165, 1.54) is 0 Å². The number of nitrogens with zero attached hydrogens (tertiary/aromatic N) is 2. The van der Waals surface area contributed by atoms with Crippen LogP contribution in [0.5, 0.6) is 11.5 Å². The van der Waals surface area contributed by atoms with Crippen LogP contribution in [0.2, 0.25) is 0 Å². The molecule has 41 heavy (non-hydrogen) atoms. The minimum absolute atomic E-state index is 0.193. The van der Waals surface area contributed by atoms with Gasteiger partial charge in [0.1, 0.15) is 19.3 Å². The molecule has 2 saturated heterocycles. The van der Waals surface area contributed by atoms with Crippen molar-refractivity contribution in [3.63, 3.8) is 0 Å². The minimum atomic E-state index is -0.941. The number of carbonyl (C=O) groups excluding carboxylic acids is 4. The van der Waals surface area contributed by atoms with Crippen LogP contribution in [-0.2, 0) is 9.59 Å². The summed E-state index contributed by atoms with van der Waals surface area (Å²) in [4.78, 5) is 58.4. The number of benzene rings is 3. The number of anilines is 1. The van der Waals surface area contributed by atoms with Crippen molar-refractivity contribution in [3.05, 3.63) is 112 Å². The van der Waals surface area contributed by atoms with Gasteiger partial charge >= 0.3 is 0 Å². The summed E-state index contributed by atoms with van der Waals surface area (Å²) >= 11 is 3.40. The van der Waals surface area contributed by atoms with Crippen molar-refractivity contribution in [2.75, 3.05) is 18.1 Å². The second-order valence-corrected chi connectivity index (χ2v) is 11.2. The first-order valence-corrected chi connectivity index (χ1v) is 14.1. The fourth-order valence-corrected chi connectivity index (χ4v) is 6.43. The van der Waals surface area contributed by atoms with Gasteiger partial charge in [0.15, 0.2) is 23.1 Å². The Balaban J connectivity index is 1.30. The molecule has 204 valence electrons. The minimum Gasteiger partial charge on any atom is -0.486 e. The second-order valence-electron chi connectivity index (χ2n) is 10.3. The van der Waals surface area contributed by atoms with Gasteiger partial charge in [-0.1, -0.05) is 64.5 Å². The zero-order valence-corrected chi connectivity index (χ0v) is 23.2. The van der Waals surface area contributed by atoms with E-state index >= 15 is 0 Å². The van der Waals surface area contributed by atoms with E-state index in [1.807, 2.05) is 6.07 Å². The molecule has 0 aromatic heterocycles. The Morgan fingerprint density at radius 1 is 0.805 bits per heavy atom. The Kier molecular flexibility index (Phi) is 6.12. The summed E-state index contributed by atoms with van der Waals surface area (Å²) < 4.78 is 12.1. The van der Waals surface area contributed by atoms with Gasteiger partial charge in [0.2, 0.25) is 11.8 Å². The van der Waals surface area contributed by atoms with Gasteiger partial charge in [-0.3, -0.25) is 19.2 Å². The van der Waals surface area contributed by atoms with E-state index in [0.717, 1.165) is 9.37 Å². The zero-order valence-electron chi connectivity index (χ0n) is 21.6. The molecule has 0 aliphatic carbocycles. The van der Waals surface area contributed by atoms with E-state index in [-0.39, 0.29) is 11.6 Å². The van der Waals surface area contributed by atoms with Crippen LogP contribution in [0.3, 0.4) is 0 Å². The van der Waals surface area contributed by atoms with Crippen molar-refractivity contribution in [1.29, 1.82) is 0 Å². The fourth-order valence-electron chi connectivity index (χ4n) is 6.16. The van der Waals surface area contributed by atoms with Crippen LogP contribution in [-0.4, -0.2) is 53.6 Å². The highest BCUT2D eigenvalue weighted by Gasteiger charge is 2.63. The fraction of sp³-hybridized carbons (Fsp3) is 0.188. The predicted molar refractivity (Wildman–Crippen MR) is 153 cm³/mol. The number of ketones is 2. The summed E-state index contributed by atoms with van der Waals surface area (Å²) in [5, 5.41) is 0. The van der Waals surface area contributed by atoms with Gasteiger partial charge in [-0.25, -0.2) is 4.90 Å². The smallest absolute Gasteiger partial charge is 0.240 e. The summed E-state index contributed by atoms with van der Waals surface area (Å²) in [7, 11) is 0. The number of imide groups is 1. The molecule has 4 atom stereocenters. The molecule has 7 rings (SSSR count). The lowest BCUT2D eigenvalue weighted by molar-refractivity contribution is -0.123. The van der Waals surface area contributed by atoms with E-state index in [1.54, 1.807) is 90.0 Å². The topological polar surface area (TPSA) is 93.2 Å². The summed E-state index contributed by atoms with van der Waals surface area (Å²) in [6.45, 7) is 0.777. The molecule has 0 saturated carbocycles. The lowest BCUT2D eigenvalue weighted by Crippen LogP contribution is -2.46. The lowest BCUT2D eigenvalue weighted by Gasteiger charge is -2.33. The van der Waals surface area contributed by atoms with Crippen LogP contribution in [0.15, 0.2) is 101 Å². The Bertz CT molecular complexity index is 1670. The number of fused-ring (bicyclic) bond motifs is 4. The van der Waals surface area contributed by atoms with Crippen molar-refractivity contribution in [3.8, 4) is 11.5 Å². The maximum Gasteiger partial charge on any atom is 0.240 e. The number of hydrogen-bond donors (Lipinski definition) is 0. The molecule has 0 bridgehead atoms. The Hall–Kier alpha value is -4.50. The van der Waals surface area contributed by atoms with Crippen molar-refractivity contribution in [1.82, 2.24) is 4.90 Å². The molecule has 0 radical (unpaired) electrons. The molecule has 4 aliphatic heterocycles. The van der Waals surface area contributed by atoms with Crippen LogP contribution in [0.4, 0.5) is 5.69 Å². The second kappa shape index (κ2) is 9.85. The van der Waals surface area contributed by atoms with Crippen molar-refractivity contribution in [2.24, 2.45) is 11.8 Å². The van der Waals surface area contributed by atoms with Gasteiger partial charge < -0.3 is 14.4 Å². The molecule has 3 aromatic rings. The quantitative estimate of drug-likeness (QED) is 0.308. The van der Waals surface area contributed by atoms with Crippen molar-refractivity contribution in [2.45, 2.75) is 12.1 Å². The van der Waals surface area contributed by atoms with Gasteiger partial charge in [0, 0.05) is 33.4 Å². The largest absolute Gasteiger partial charge is 0.486 e. The van der Waals surface area contributed by atoms with E-state index in [4.69, 9.17) is 9.47 Å². The Morgan fingerprint density at radius 2 is 1.51 bits per heavy atom. The number of carbonyl (C=O) groups is 4. The summed E-state index contributed by atoms with van der Waals surface area (Å²) in [5.74, 6) is -2.15. The monoisotopic (exact) mass is 610 g/mol. The lowest BCUT2D eigenvalue weighted by atomic mass is 9.85. The standard InChI is InChI=1S/C32H23BrN2O6/c33-21-8-6-19(7-9-21)30(37)28-27-26(23-16-20(12-13-34(23)28)29(36)18-4-2-1-3-5-18)31(38)35(32(27)39)22-10-11-24-25(17-22)41-15-14-40-24/h1-13,16-17,23,26-28H,14-15H2. The van der Waals surface area contributed by atoms with Crippen LogP contribution < -0.4 is 14.4 Å². The van der Waals surface area contributed by atoms with Crippen molar-refractivity contribution < 1.29 is 28.7 Å². The first-order valence-electron chi connectivity index (χ1n) is 13.3. The van der Waals surface area contributed by atoms with E-state index in [0.29, 0.717) is 47.1 Å². The molecule has 8 nitrogen and oxygen atoms in total. The Labute approximate surface area is 244 Å². The third kappa shape index (κ3) is 4.11. The Morgan fingerprint density at radius 3 is 2.27 bits per heavy atom. The molecule has 4 unspecified atom stereocenters.